The van der Waals surface area contributed by atoms with Crippen molar-refractivity contribution in [1.29, 1.82) is 0 Å². The van der Waals surface area contributed by atoms with Gasteiger partial charge in [0.05, 0.1) is 11.1 Å². The zero-order valence-electron chi connectivity index (χ0n) is 14.6. The molecular weight excluding hydrogens is 282 g/mol. The van der Waals surface area contributed by atoms with E-state index in [0.717, 1.165) is 34.2 Å². The molecule has 0 fully saturated rings. The molecule has 118 valence electrons. The van der Waals surface area contributed by atoms with Crippen LogP contribution in [0.1, 0.15) is 57.9 Å². The molecular formula is C21H23NO. The van der Waals surface area contributed by atoms with E-state index in [2.05, 4.69) is 58.3 Å². The number of hydrogen-bond acceptors (Lipinski definition) is 2. The molecule has 2 heteroatoms. The number of rotatable bonds is 0. The molecule has 3 aromatic rings. The van der Waals surface area contributed by atoms with Gasteiger partial charge in [0.1, 0.15) is 11.2 Å². The molecule has 0 spiro atoms. The van der Waals surface area contributed by atoms with Gasteiger partial charge in [0.2, 0.25) is 0 Å². The lowest BCUT2D eigenvalue weighted by molar-refractivity contribution is 0.542. The zero-order chi connectivity index (χ0) is 16.6. The summed E-state index contributed by atoms with van der Waals surface area (Å²) in [5.74, 6) is 0. The largest absolute Gasteiger partial charge is 0.456 e. The fraction of sp³-hybridized carbons (Fsp3) is 0.381. The quantitative estimate of drug-likeness (QED) is 0.511. The number of benzene rings is 1. The van der Waals surface area contributed by atoms with E-state index in [1.54, 1.807) is 0 Å². The maximum absolute atomic E-state index is 6.33. The topological polar surface area (TPSA) is 26.0 Å². The normalized spacial score (nSPS) is 17.2. The van der Waals surface area contributed by atoms with E-state index >= 15 is 0 Å². The highest BCUT2D eigenvalue weighted by Crippen LogP contribution is 2.48. The third-order valence-electron chi connectivity index (χ3n) is 5.06. The van der Waals surface area contributed by atoms with Crippen LogP contribution in [0.3, 0.4) is 0 Å². The highest BCUT2D eigenvalue weighted by molar-refractivity contribution is 6.13. The summed E-state index contributed by atoms with van der Waals surface area (Å²) in [5.41, 5.74) is 6.67. The van der Waals surface area contributed by atoms with Gasteiger partial charge >= 0.3 is 0 Å². The Kier molecular flexibility index (Phi) is 2.68. The molecule has 1 aromatic carbocycles. The van der Waals surface area contributed by atoms with Crippen molar-refractivity contribution in [3.63, 3.8) is 0 Å². The lowest BCUT2D eigenvalue weighted by atomic mass is 9.77. The van der Waals surface area contributed by atoms with Crippen LogP contribution >= 0.6 is 0 Å². The highest BCUT2D eigenvalue weighted by atomic mass is 16.3. The minimum Gasteiger partial charge on any atom is -0.456 e. The Morgan fingerprint density at radius 3 is 2.57 bits per heavy atom. The molecule has 2 aromatic heterocycles. The van der Waals surface area contributed by atoms with Crippen molar-refractivity contribution in [2.45, 2.75) is 51.9 Å². The maximum Gasteiger partial charge on any atom is 0.139 e. The molecule has 23 heavy (non-hydrogen) atoms. The van der Waals surface area contributed by atoms with Crippen molar-refractivity contribution in [2.75, 3.05) is 0 Å². The standard InChI is InChI=1S/C21H23NO/c1-12-11-21(5,6)13-7-8-14(20(2,3)4)19-16(13)17-15(23-19)9-10-22-18(12)17/h7-10H,1,11H2,2-6H3. The van der Waals surface area contributed by atoms with Gasteiger partial charge in [0.25, 0.3) is 0 Å². The molecule has 0 saturated carbocycles. The monoisotopic (exact) mass is 305 g/mol. The second-order valence-corrected chi connectivity index (χ2v) is 8.41. The second-order valence-electron chi connectivity index (χ2n) is 8.41. The van der Waals surface area contributed by atoms with Gasteiger partial charge in [-0.3, -0.25) is 4.98 Å². The van der Waals surface area contributed by atoms with Crippen molar-refractivity contribution in [1.82, 2.24) is 4.98 Å². The van der Waals surface area contributed by atoms with Crippen LogP contribution < -0.4 is 0 Å². The van der Waals surface area contributed by atoms with Gasteiger partial charge in [-0.25, -0.2) is 0 Å². The average molecular weight is 305 g/mol. The van der Waals surface area contributed by atoms with Gasteiger partial charge in [0.15, 0.2) is 0 Å². The van der Waals surface area contributed by atoms with Crippen LogP contribution in [0.2, 0.25) is 0 Å². The Balaban J connectivity index is 2.29. The molecule has 0 radical (unpaired) electrons. The summed E-state index contributed by atoms with van der Waals surface area (Å²) in [6.07, 6.45) is 2.75. The van der Waals surface area contributed by atoms with Crippen LogP contribution in [0.15, 0.2) is 35.4 Å². The van der Waals surface area contributed by atoms with Crippen molar-refractivity contribution < 1.29 is 4.42 Å². The van der Waals surface area contributed by atoms with E-state index in [9.17, 15) is 0 Å². The summed E-state index contributed by atoms with van der Waals surface area (Å²) in [6, 6.07) is 6.50. The Morgan fingerprint density at radius 1 is 1.13 bits per heavy atom. The Bertz CT molecular complexity index is 967. The smallest absolute Gasteiger partial charge is 0.139 e. The third-order valence-corrected chi connectivity index (χ3v) is 5.06. The first-order valence-corrected chi connectivity index (χ1v) is 8.23. The van der Waals surface area contributed by atoms with Crippen molar-refractivity contribution >= 4 is 27.5 Å². The van der Waals surface area contributed by atoms with Gasteiger partial charge < -0.3 is 4.42 Å². The fourth-order valence-electron chi connectivity index (χ4n) is 3.95. The van der Waals surface area contributed by atoms with Gasteiger partial charge in [0, 0.05) is 17.1 Å². The second kappa shape index (κ2) is 4.25. The van der Waals surface area contributed by atoms with Crippen LogP contribution in [-0.2, 0) is 10.8 Å². The summed E-state index contributed by atoms with van der Waals surface area (Å²) in [4.78, 5) is 4.63. The predicted molar refractivity (Wildman–Crippen MR) is 96.9 cm³/mol. The van der Waals surface area contributed by atoms with Crippen molar-refractivity contribution in [2.24, 2.45) is 0 Å². The Hall–Kier alpha value is -2.09. The van der Waals surface area contributed by atoms with Gasteiger partial charge in [-0.05, 0) is 34.5 Å². The van der Waals surface area contributed by atoms with Crippen LogP contribution in [0.4, 0.5) is 0 Å². The average Bonchev–Trinajstić information content (AvgIpc) is 2.79. The molecule has 1 aliphatic carbocycles. The summed E-state index contributed by atoms with van der Waals surface area (Å²) < 4.78 is 6.33. The number of pyridine rings is 1. The Morgan fingerprint density at radius 2 is 1.87 bits per heavy atom. The van der Waals surface area contributed by atoms with Crippen molar-refractivity contribution in [3.8, 4) is 0 Å². The molecule has 1 aliphatic rings. The first-order chi connectivity index (χ1) is 10.7. The number of hydrogen-bond donors (Lipinski definition) is 0. The van der Waals surface area contributed by atoms with Gasteiger partial charge in [-0.15, -0.1) is 0 Å². The number of furan rings is 1. The van der Waals surface area contributed by atoms with Crippen LogP contribution in [0, 0.1) is 0 Å². The summed E-state index contributed by atoms with van der Waals surface area (Å²) >= 11 is 0. The SMILES string of the molecule is C=C1CC(C)(C)c2ccc(C(C)(C)C)c3oc4ccnc1c4c23. The summed E-state index contributed by atoms with van der Waals surface area (Å²) in [6.45, 7) is 15.6. The van der Waals surface area contributed by atoms with E-state index in [-0.39, 0.29) is 10.8 Å². The molecule has 2 nitrogen and oxygen atoms in total. The minimum absolute atomic E-state index is 0.0171. The van der Waals surface area contributed by atoms with E-state index in [4.69, 9.17) is 4.42 Å². The summed E-state index contributed by atoms with van der Waals surface area (Å²) in [7, 11) is 0. The molecule has 4 rings (SSSR count). The Labute approximate surface area is 137 Å². The first-order valence-electron chi connectivity index (χ1n) is 8.23. The van der Waals surface area contributed by atoms with Gasteiger partial charge in [-0.1, -0.05) is 53.3 Å². The molecule has 0 amide bonds. The van der Waals surface area contributed by atoms with Crippen LogP contribution in [-0.4, -0.2) is 4.98 Å². The fourth-order valence-corrected chi connectivity index (χ4v) is 3.95. The van der Waals surface area contributed by atoms with E-state index < -0.39 is 0 Å². The minimum atomic E-state index is 0.0171. The number of allylic oxidation sites excluding steroid dienone is 1. The molecule has 0 atom stereocenters. The van der Waals surface area contributed by atoms with Crippen molar-refractivity contribution in [3.05, 3.63) is 47.8 Å². The van der Waals surface area contributed by atoms with E-state index in [1.807, 2.05) is 12.3 Å². The third kappa shape index (κ3) is 1.90. The maximum atomic E-state index is 6.33. The molecule has 0 saturated heterocycles. The molecule has 0 bridgehead atoms. The van der Waals surface area contributed by atoms with Gasteiger partial charge in [-0.2, -0.15) is 0 Å². The lowest BCUT2D eigenvalue weighted by Gasteiger charge is -2.27. The molecule has 0 aliphatic heterocycles. The lowest BCUT2D eigenvalue weighted by Crippen LogP contribution is -2.18. The highest BCUT2D eigenvalue weighted by Gasteiger charge is 2.33. The molecule has 0 unspecified atom stereocenters. The van der Waals surface area contributed by atoms with E-state index in [0.29, 0.717) is 0 Å². The predicted octanol–water partition coefficient (Wildman–Crippen LogP) is 5.97. The molecule has 0 N–H and O–H groups in total. The van der Waals surface area contributed by atoms with Crippen LogP contribution in [0.5, 0.6) is 0 Å². The number of aromatic nitrogens is 1. The molecule has 2 heterocycles. The zero-order valence-corrected chi connectivity index (χ0v) is 14.6. The summed E-state index contributed by atoms with van der Waals surface area (Å²) in [5, 5.41) is 2.37. The van der Waals surface area contributed by atoms with E-state index in [1.165, 1.54) is 16.5 Å². The van der Waals surface area contributed by atoms with Crippen LogP contribution in [0.25, 0.3) is 27.5 Å². The number of nitrogens with zero attached hydrogens (tertiary/aromatic N) is 1. The first kappa shape index (κ1) is 14.5.